The Labute approximate surface area is 116 Å². The van der Waals surface area contributed by atoms with Crippen molar-refractivity contribution in [1.29, 1.82) is 0 Å². The standard InChI is InChI=1S/C14H12Cl2FN/c15-8-10-2-1-3-13(6-10)18-9-11-4-5-12(16)7-14(11)17/h1-7,18H,8-9H2. The Morgan fingerprint density at radius 2 is 1.94 bits per heavy atom. The normalized spacial score (nSPS) is 10.4. The Bertz CT molecular complexity index is 543. The average Bonchev–Trinajstić information content (AvgIpc) is 2.38. The maximum absolute atomic E-state index is 13.6. The molecule has 0 amide bonds. The number of halogens is 3. The van der Waals surface area contributed by atoms with Crippen LogP contribution in [0.2, 0.25) is 5.02 Å². The van der Waals surface area contributed by atoms with E-state index in [-0.39, 0.29) is 5.82 Å². The zero-order valence-corrected chi connectivity index (χ0v) is 11.1. The molecule has 0 saturated heterocycles. The molecule has 2 rings (SSSR count). The molecule has 2 aromatic carbocycles. The van der Waals surface area contributed by atoms with Crippen LogP contribution in [-0.4, -0.2) is 0 Å². The van der Waals surface area contributed by atoms with Crippen molar-refractivity contribution in [3.63, 3.8) is 0 Å². The van der Waals surface area contributed by atoms with Crippen LogP contribution in [0.1, 0.15) is 11.1 Å². The molecule has 1 nitrogen and oxygen atoms in total. The second-order valence-corrected chi connectivity index (χ2v) is 4.63. The lowest BCUT2D eigenvalue weighted by Gasteiger charge is -2.08. The van der Waals surface area contributed by atoms with Gasteiger partial charge in [0, 0.05) is 28.7 Å². The van der Waals surface area contributed by atoms with Crippen molar-refractivity contribution in [2.45, 2.75) is 12.4 Å². The van der Waals surface area contributed by atoms with E-state index in [2.05, 4.69) is 5.32 Å². The van der Waals surface area contributed by atoms with Crippen LogP contribution in [0.4, 0.5) is 10.1 Å². The van der Waals surface area contributed by atoms with Gasteiger partial charge in [0.1, 0.15) is 5.82 Å². The molecule has 0 atom stereocenters. The first kappa shape index (κ1) is 13.2. The first-order valence-electron chi connectivity index (χ1n) is 5.52. The highest BCUT2D eigenvalue weighted by Gasteiger charge is 2.03. The Kier molecular flexibility index (Phi) is 4.45. The molecule has 0 aliphatic rings. The smallest absolute Gasteiger partial charge is 0.129 e. The van der Waals surface area contributed by atoms with E-state index in [1.807, 2.05) is 24.3 Å². The number of hydrogen-bond donors (Lipinski definition) is 1. The molecule has 18 heavy (non-hydrogen) atoms. The fraction of sp³-hybridized carbons (Fsp3) is 0.143. The summed E-state index contributed by atoms with van der Waals surface area (Å²) in [6.07, 6.45) is 0. The molecular weight excluding hydrogens is 272 g/mol. The second-order valence-electron chi connectivity index (χ2n) is 3.92. The lowest BCUT2D eigenvalue weighted by atomic mass is 10.2. The summed E-state index contributed by atoms with van der Waals surface area (Å²) >= 11 is 11.5. The molecule has 0 aliphatic carbocycles. The molecule has 0 unspecified atom stereocenters. The molecule has 0 saturated carbocycles. The van der Waals surface area contributed by atoms with Gasteiger partial charge in [0.25, 0.3) is 0 Å². The van der Waals surface area contributed by atoms with Gasteiger partial charge in [0.2, 0.25) is 0 Å². The van der Waals surface area contributed by atoms with Crippen molar-refractivity contribution < 1.29 is 4.39 Å². The van der Waals surface area contributed by atoms with Crippen LogP contribution in [0.25, 0.3) is 0 Å². The van der Waals surface area contributed by atoms with Crippen LogP contribution < -0.4 is 5.32 Å². The van der Waals surface area contributed by atoms with Gasteiger partial charge in [0.05, 0.1) is 0 Å². The maximum Gasteiger partial charge on any atom is 0.129 e. The largest absolute Gasteiger partial charge is 0.381 e. The minimum absolute atomic E-state index is 0.302. The van der Waals surface area contributed by atoms with Crippen molar-refractivity contribution in [2.75, 3.05) is 5.32 Å². The fourth-order valence-corrected chi connectivity index (χ4v) is 1.95. The summed E-state index contributed by atoms with van der Waals surface area (Å²) in [6, 6.07) is 12.4. The first-order valence-corrected chi connectivity index (χ1v) is 6.43. The van der Waals surface area contributed by atoms with Crippen molar-refractivity contribution in [1.82, 2.24) is 0 Å². The summed E-state index contributed by atoms with van der Waals surface area (Å²) in [7, 11) is 0. The van der Waals surface area contributed by atoms with Crippen molar-refractivity contribution in [3.8, 4) is 0 Å². The number of rotatable bonds is 4. The summed E-state index contributed by atoms with van der Waals surface area (Å²) in [5, 5.41) is 3.56. The van der Waals surface area contributed by atoms with Crippen molar-refractivity contribution in [2.24, 2.45) is 0 Å². The molecule has 0 heterocycles. The Balaban J connectivity index is 2.06. The first-order chi connectivity index (χ1) is 8.69. The van der Waals surface area contributed by atoms with Crippen molar-refractivity contribution >= 4 is 28.9 Å². The zero-order valence-electron chi connectivity index (χ0n) is 9.59. The summed E-state index contributed by atoms with van der Waals surface area (Å²) in [6.45, 7) is 0.411. The van der Waals surface area contributed by atoms with Gasteiger partial charge >= 0.3 is 0 Å². The van der Waals surface area contributed by atoms with Crippen LogP contribution in [0, 0.1) is 5.82 Å². The minimum Gasteiger partial charge on any atom is -0.381 e. The summed E-state index contributed by atoms with van der Waals surface area (Å²) < 4.78 is 13.6. The molecule has 0 aromatic heterocycles. The third-order valence-corrected chi connectivity index (χ3v) is 3.12. The van der Waals surface area contributed by atoms with Gasteiger partial charge in [-0.25, -0.2) is 4.39 Å². The summed E-state index contributed by atoms with van der Waals surface area (Å²) in [4.78, 5) is 0. The van der Waals surface area contributed by atoms with Gasteiger partial charge in [-0.15, -0.1) is 11.6 Å². The number of hydrogen-bond acceptors (Lipinski definition) is 1. The maximum atomic E-state index is 13.6. The number of nitrogens with one attached hydrogen (secondary N) is 1. The molecule has 1 N–H and O–H groups in total. The number of anilines is 1. The van der Waals surface area contributed by atoms with Gasteiger partial charge in [-0.3, -0.25) is 0 Å². The van der Waals surface area contributed by atoms with Gasteiger partial charge in [0.15, 0.2) is 0 Å². The Hall–Kier alpha value is -1.25. The third kappa shape index (κ3) is 3.37. The third-order valence-electron chi connectivity index (χ3n) is 2.58. The van der Waals surface area contributed by atoms with Crippen LogP contribution in [0.15, 0.2) is 42.5 Å². The highest BCUT2D eigenvalue weighted by molar-refractivity contribution is 6.30. The van der Waals surface area contributed by atoms with E-state index in [1.165, 1.54) is 6.07 Å². The molecule has 4 heteroatoms. The Morgan fingerprint density at radius 3 is 2.67 bits per heavy atom. The highest BCUT2D eigenvalue weighted by atomic mass is 35.5. The lowest BCUT2D eigenvalue weighted by Crippen LogP contribution is -2.01. The highest BCUT2D eigenvalue weighted by Crippen LogP contribution is 2.17. The summed E-state index contributed by atoms with van der Waals surface area (Å²) in [5.41, 5.74) is 2.52. The average molecular weight is 284 g/mol. The van der Waals surface area contributed by atoms with E-state index in [1.54, 1.807) is 12.1 Å². The van der Waals surface area contributed by atoms with Gasteiger partial charge in [-0.1, -0.05) is 29.8 Å². The molecular formula is C14H12Cl2FN. The number of alkyl halides is 1. The van der Waals surface area contributed by atoms with E-state index in [0.29, 0.717) is 23.0 Å². The fourth-order valence-electron chi connectivity index (χ4n) is 1.63. The molecule has 0 radical (unpaired) electrons. The van der Waals surface area contributed by atoms with E-state index in [4.69, 9.17) is 23.2 Å². The van der Waals surface area contributed by atoms with Crippen LogP contribution >= 0.6 is 23.2 Å². The van der Waals surface area contributed by atoms with Crippen LogP contribution in [-0.2, 0) is 12.4 Å². The second kappa shape index (κ2) is 6.07. The van der Waals surface area contributed by atoms with E-state index in [9.17, 15) is 4.39 Å². The molecule has 0 bridgehead atoms. The quantitative estimate of drug-likeness (QED) is 0.793. The van der Waals surface area contributed by atoms with Gasteiger partial charge in [-0.2, -0.15) is 0 Å². The monoisotopic (exact) mass is 283 g/mol. The SMILES string of the molecule is Fc1cc(Cl)ccc1CNc1cccc(CCl)c1. The predicted octanol–water partition coefficient (Wildman–Crippen LogP) is 4.83. The Morgan fingerprint density at radius 1 is 1.11 bits per heavy atom. The van der Waals surface area contributed by atoms with E-state index in [0.717, 1.165) is 11.3 Å². The predicted molar refractivity (Wildman–Crippen MR) is 74.7 cm³/mol. The molecule has 0 fully saturated rings. The van der Waals surface area contributed by atoms with Crippen LogP contribution in [0.5, 0.6) is 0 Å². The minimum atomic E-state index is -0.302. The van der Waals surface area contributed by atoms with Gasteiger partial charge < -0.3 is 5.32 Å². The van der Waals surface area contributed by atoms with Crippen molar-refractivity contribution in [3.05, 3.63) is 64.4 Å². The molecule has 0 spiro atoms. The molecule has 2 aromatic rings. The lowest BCUT2D eigenvalue weighted by molar-refractivity contribution is 0.613. The van der Waals surface area contributed by atoms with E-state index < -0.39 is 0 Å². The van der Waals surface area contributed by atoms with Crippen LogP contribution in [0.3, 0.4) is 0 Å². The topological polar surface area (TPSA) is 12.0 Å². The zero-order chi connectivity index (χ0) is 13.0. The van der Waals surface area contributed by atoms with E-state index >= 15 is 0 Å². The molecule has 94 valence electrons. The number of benzene rings is 2. The summed E-state index contributed by atoms with van der Waals surface area (Å²) in [5.74, 6) is 0.161. The van der Waals surface area contributed by atoms with Gasteiger partial charge in [-0.05, 0) is 29.8 Å². The molecule has 0 aliphatic heterocycles.